The van der Waals surface area contributed by atoms with Crippen LogP contribution in [-0.2, 0) is 51.5 Å². The number of nitrogens with zero attached hydrogens (tertiary/aromatic N) is 15. The van der Waals surface area contributed by atoms with Gasteiger partial charge in [0.1, 0.15) is 36.5 Å². The van der Waals surface area contributed by atoms with Gasteiger partial charge >= 0.3 is 0 Å². The van der Waals surface area contributed by atoms with Crippen molar-refractivity contribution >= 4 is 113 Å². The molecule has 28 heteroatoms. The zero-order valence-electron chi connectivity index (χ0n) is 42.3. The van der Waals surface area contributed by atoms with Crippen molar-refractivity contribution in [2.75, 3.05) is 51.7 Å². The molecule has 77 heavy (non-hydrogen) atoms. The summed E-state index contributed by atoms with van der Waals surface area (Å²) < 4.78 is 19.5. The number of amides is 1. The molecule has 6 N–H and O–H groups in total. The number of nitrogens with one attached hydrogen (secondary N) is 4. The highest BCUT2D eigenvalue weighted by Gasteiger charge is 2.11. The summed E-state index contributed by atoms with van der Waals surface area (Å²) in [5.41, 5.74) is 12.5. The van der Waals surface area contributed by atoms with E-state index in [0.29, 0.717) is 34.3 Å². The molecule has 0 saturated carbocycles. The SMILES string of the molecule is COCC(=O)CNC(=S)Nc1ccc2ncc(-c3cnn(C)c3)cc2n1.COCC(=O)NN.COCc1nnc(Nc2ccc3ncc(-c4cnn(C)c4)cc3n2)s1.Cn1cc(-c2cnc3ccc(N=C=S)nc3c2)cn1. The number of methoxy groups -OCH3 is 3. The van der Waals surface area contributed by atoms with Gasteiger partial charge in [-0.15, -0.1) is 10.2 Å². The van der Waals surface area contributed by atoms with E-state index < -0.39 is 0 Å². The first-order chi connectivity index (χ1) is 37.3. The van der Waals surface area contributed by atoms with Crippen LogP contribution in [0.2, 0.25) is 0 Å². The molecule has 0 aliphatic carbocycles. The first-order valence-electron chi connectivity index (χ1n) is 22.8. The van der Waals surface area contributed by atoms with Crippen molar-refractivity contribution in [2.24, 2.45) is 32.0 Å². The van der Waals surface area contributed by atoms with Gasteiger partial charge in [-0.2, -0.15) is 20.3 Å². The number of pyridine rings is 6. The zero-order valence-corrected chi connectivity index (χ0v) is 44.7. The minimum absolute atomic E-state index is 0.0243. The Morgan fingerprint density at radius 2 is 1.16 bits per heavy atom. The highest BCUT2D eigenvalue weighted by Crippen LogP contribution is 2.26. The summed E-state index contributed by atoms with van der Waals surface area (Å²) in [6.45, 7) is 0.617. The number of isothiocyanates is 1. The lowest BCUT2D eigenvalue weighted by Crippen LogP contribution is -2.34. The summed E-state index contributed by atoms with van der Waals surface area (Å²) in [6.07, 6.45) is 16.6. The number of ketones is 1. The van der Waals surface area contributed by atoms with Crippen molar-refractivity contribution in [1.82, 2.24) is 80.2 Å². The Kier molecular flexibility index (Phi) is 20.0. The van der Waals surface area contributed by atoms with Crippen LogP contribution in [0.4, 0.5) is 22.6 Å². The molecule has 0 radical (unpaired) electrons. The number of fused-ring (bicyclic) bond motifs is 3. The summed E-state index contributed by atoms with van der Waals surface area (Å²) >= 11 is 11.2. The smallest absolute Gasteiger partial charge is 0.259 e. The molecule has 394 valence electrons. The number of hydrogen-bond acceptors (Lipinski definition) is 22. The third-order valence-corrected chi connectivity index (χ3v) is 11.4. The second kappa shape index (κ2) is 27.6. The molecule has 0 bridgehead atoms. The first kappa shape index (κ1) is 55.9. The molecule has 0 aliphatic rings. The van der Waals surface area contributed by atoms with E-state index >= 15 is 0 Å². The Bertz CT molecular complexity index is 3690. The molecule has 25 nitrogen and oxygen atoms in total. The number of Topliss-reactive ketones (excluding diaryl/α,β-unsaturated/α-hetero) is 1. The minimum atomic E-state index is -0.317. The van der Waals surface area contributed by atoms with E-state index in [9.17, 15) is 9.59 Å². The van der Waals surface area contributed by atoms with Gasteiger partial charge in [0.15, 0.2) is 16.7 Å². The molecule has 0 saturated heterocycles. The fourth-order valence-corrected chi connectivity index (χ4v) is 7.75. The van der Waals surface area contributed by atoms with Crippen molar-refractivity contribution in [2.45, 2.75) is 6.61 Å². The highest BCUT2D eigenvalue weighted by molar-refractivity contribution is 7.80. The zero-order chi connectivity index (χ0) is 54.7. The second-order valence-corrected chi connectivity index (χ2v) is 17.8. The number of carbonyl (C=O) groups excluding carboxylic acids is 2. The van der Waals surface area contributed by atoms with Crippen molar-refractivity contribution in [1.29, 1.82) is 0 Å². The van der Waals surface area contributed by atoms with Gasteiger partial charge in [0.25, 0.3) is 5.91 Å². The number of hydrazine groups is 1. The molecular weight excluding hydrogens is 1040 g/mol. The summed E-state index contributed by atoms with van der Waals surface area (Å²) in [5.74, 6) is 6.07. The Morgan fingerprint density at radius 1 is 0.649 bits per heavy atom. The summed E-state index contributed by atoms with van der Waals surface area (Å²) in [7, 11) is 10.2. The standard InChI is InChI=1S/C17H18N6O2S.C16H15N7OS.C13H9N5S.C3H8N2O2/c1-23-9-12(7-20-23)11-5-15-14(18-6-11)3-4-16(21-15)22-17(26)19-8-13(24)10-25-2;1-23-8-11(7-18-23)10-5-13-12(17-6-10)3-4-14(19-13)20-16-22-21-15(25-16)9-24-2;1-18-7-10(6-16-18)9-4-12-11(14-5-9)2-3-13(17-12)15-8-19;1-7-2-3(6)5-4/h3-7,9H,8,10H2,1-2H3,(H2,19,21,22,26);3-8H,9H2,1-2H3,(H,19,20,22);2-7H,1H3;2,4H2,1H3,(H,5,6). The van der Waals surface area contributed by atoms with Gasteiger partial charge < -0.3 is 30.2 Å². The van der Waals surface area contributed by atoms with Crippen molar-refractivity contribution in [3.8, 4) is 33.4 Å². The fraction of sp³-hybridized carbons (Fsp3) is 0.204. The van der Waals surface area contributed by atoms with Gasteiger partial charge in [0.2, 0.25) is 5.13 Å². The van der Waals surface area contributed by atoms with Crippen molar-refractivity contribution in [3.05, 3.63) is 115 Å². The van der Waals surface area contributed by atoms with E-state index in [2.05, 4.69) is 104 Å². The summed E-state index contributed by atoms with van der Waals surface area (Å²) in [5, 5.41) is 33.7. The van der Waals surface area contributed by atoms with Crippen LogP contribution in [0.15, 0.2) is 115 Å². The normalized spacial score (nSPS) is 10.5. The van der Waals surface area contributed by atoms with E-state index in [-0.39, 0.29) is 31.4 Å². The Morgan fingerprint density at radius 3 is 1.62 bits per heavy atom. The van der Waals surface area contributed by atoms with Crippen LogP contribution in [0.5, 0.6) is 0 Å². The molecule has 0 unspecified atom stereocenters. The number of carbonyl (C=O) groups is 2. The van der Waals surface area contributed by atoms with E-state index in [1.165, 1.54) is 25.6 Å². The van der Waals surface area contributed by atoms with Gasteiger partial charge in [0.05, 0.1) is 63.4 Å². The Balaban J connectivity index is 0.000000159. The van der Waals surface area contributed by atoms with Crippen molar-refractivity contribution < 1.29 is 23.8 Å². The molecule has 1 amide bonds. The number of nitrogens with two attached hydrogens (primary N) is 1. The number of hydrogen-bond donors (Lipinski definition) is 5. The van der Waals surface area contributed by atoms with E-state index in [1.54, 1.807) is 51.9 Å². The van der Waals surface area contributed by atoms with Crippen LogP contribution in [0.3, 0.4) is 0 Å². The number of rotatable bonds is 15. The topological polar surface area (TPSA) is 305 Å². The lowest BCUT2D eigenvalue weighted by atomic mass is 10.1. The van der Waals surface area contributed by atoms with Crippen LogP contribution in [-0.4, -0.2) is 132 Å². The number of aromatic nitrogens is 14. The summed E-state index contributed by atoms with van der Waals surface area (Å²) in [6, 6.07) is 17.0. The molecule has 10 aromatic heterocycles. The first-order valence-corrected chi connectivity index (χ1v) is 24.4. The Labute approximate surface area is 454 Å². The summed E-state index contributed by atoms with van der Waals surface area (Å²) in [4.78, 5) is 52.2. The van der Waals surface area contributed by atoms with Gasteiger partial charge in [-0.1, -0.05) is 11.3 Å². The molecular formula is C49H50N20O5S3. The molecule has 10 aromatic rings. The van der Waals surface area contributed by atoms with Gasteiger partial charge in [-0.05, 0) is 79.0 Å². The molecule has 10 heterocycles. The lowest BCUT2D eigenvalue weighted by Gasteiger charge is -2.10. The molecule has 10 rings (SSSR count). The van der Waals surface area contributed by atoms with E-state index in [1.807, 2.05) is 106 Å². The molecule has 0 spiro atoms. The monoisotopic (exact) mass is 1090 g/mol. The maximum absolute atomic E-state index is 11.4. The minimum Gasteiger partial charge on any atom is -0.377 e. The van der Waals surface area contributed by atoms with Gasteiger partial charge in [-0.3, -0.25) is 44.0 Å². The quantitative estimate of drug-likeness (QED) is 0.0271. The third-order valence-electron chi connectivity index (χ3n) is 10.3. The number of anilines is 3. The maximum Gasteiger partial charge on any atom is 0.259 e. The molecule has 0 aliphatic heterocycles. The number of ether oxygens (including phenoxy) is 3. The number of thiocarbonyl (C=S) groups is 2. The Hall–Kier alpha value is -8.86. The third kappa shape index (κ3) is 16.3. The van der Waals surface area contributed by atoms with Gasteiger partial charge in [0, 0.05) is 113 Å². The molecule has 0 fully saturated rings. The number of aliphatic imine (C=N–C) groups is 1. The van der Waals surface area contributed by atoms with Crippen LogP contribution in [0, 0.1) is 0 Å². The predicted octanol–water partition coefficient (Wildman–Crippen LogP) is 5.69. The van der Waals surface area contributed by atoms with Crippen LogP contribution < -0.4 is 27.2 Å². The average Bonchev–Trinajstić information content (AvgIpc) is 4.29. The van der Waals surface area contributed by atoms with Crippen LogP contribution in [0.1, 0.15) is 5.01 Å². The van der Waals surface area contributed by atoms with Crippen molar-refractivity contribution in [3.63, 3.8) is 0 Å². The largest absolute Gasteiger partial charge is 0.377 e. The second-order valence-electron chi connectivity index (χ2n) is 16.1. The van der Waals surface area contributed by atoms with Crippen LogP contribution in [0.25, 0.3) is 66.5 Å². The lowest BCUT2D eigenvalue weighted by molar-refractivity contribution is -0.124. The highest BCUT2D eigenvalue weighted by atomic mass is 32.1. The van der Waals surface area contributed by atoms with E-state index in [4.69, 9.17) is 21.7 Å². The fourth-order valence-electron chi connectivity index (χ4n) is 6.76. The molecule has 0 atom stereocenters. The average molecular weight is 1100 g/mol. The van der Waals surface area contributed by atoms with E-state index in [0.717, 1.165) is 71.5 Å². The maximum atomic E-state index is 11.4. The number of aryl methyl sites for hydroxylation is 3. The molecule has 0 aromatic carbocycles. The van der Waals surface area contributed by atoms with Gasteiger partial charge in [-0.25, -0.2) is 20.8 Å². The van der Waals surface area contributed by atoms with Crippen LogP contribution >= 0.6 is 35.8 Å². The predicted molar refractivity (Wildman–Crippen MR) is 299 cm³/mol.